The Labute approximate surface area is 74.1 Å². The Morgan fingerprint density at radius 1 is 1.58 bits per heavy atom. The van der Waals surface area contributed by atoms with Crippen molar-refractivity contribution in [3.05, 3.63) is 0 Å². The predicted molar refractivity (Wildman–Crippen MR) is 49.0 cm³/mol. The summed E-state index contributed by atoms with van der Waals surface area (Å²) in [5.41, 5.74) is 0.0773. The number of hydrogen-bond acceptors (Lipinski definition) is 2. The number of rotatable bonds is 2. The van der Waals surface area contributed by atoms with Crippen LogP contribution < -0.4 is 5.32 Å². The second kappa shape index (κ2) is 3.44. The number of carbonyl (C=O) groups is 1. The van der Waals surface area contributed by atoms with Gasteiger partial charge in [0.05, 0.1) is 6.54 Å². The standard InChI is InChI=1S/C9H18N2O/c1-9(2)5-4-6-11(9)8(12)7-10-3/h10H,4-7H2,1-3H3. The molecule has 0 aromatic carbocycles. The van der Waals surface area contributed by atoms with Crippen molar-refractivity contribution < 1.29 is 4.79 Å². The van der Waals surface area contributed by atoms with Crippen LogP contribution in [-0.4, -0.2) is 36.5 Å². The molecule has 1 aliphatic heterocycles. The van der Waals surface area contributed by atoms with E-state index in [0.29, 0.717) is 6.54 Å². The summed E-state index contributed by atoms with van der Waals surface area (Å²) in [4.78, 5) is 13.5. The molecule has 0 unspecified atom stereocenters. The van der Waals surface area contributed by atoms with Crippen LogP contribution in [0.4, 0.5) is 0 Å². The van der Waals surface area contributed by atoms with Crippen LogP contribution >= 0.6 is 0 Å². The number of carbonyl (C=O) groups excluding carboxylic acids is 1. The average Bonchev–Trinajstić information content (AvgIpc) is 2.30. The van der Waals surface area contributed by atoms with E-state index in [-0.39, 0.29) is 11.4 Å². The zero-order valence-electron chi connectivity index (χ0n) is 8.18. The Morgan fingerprint density at radius 3 is 2.67 bits per heavy atom. The van der Waals surface area contributed by atoms with Crippen LogP contribution in [0.2, 0.25) is 0 Å². The maximum atomic E-state index is 11.5. The molecule has 70 valence electrons. The molecule has 0 bridgehead atoms. The largest absolute Gasteiger partial charge is 0.336 e. The van der Waals surface area contributed by atoms with E-state index < -0.39 is 0 Å². The van der Waals surface area contributed by atoms with E-state index in [2.05, 4.69) is 19.2 Å². The summed E-state index contributed by atoms with van der Waals surface area (Å²) in [5, 5.41) is 2.89. The smallest absolute Gasteiger partial charge is 0.236 e. The second-order valence-electron chi connectivity index (χ2n) is 3.99. The van der Waals surface area contributed by atoms with Gasteiger partial charge >= 0.3 is 0 Å². The van der Waals surface area contributed by atoms with Crippen molar-refractivity contribution in [2.75, 3.05) is 20.1 Å². The Kier molecular flexibility index (Phi) is 2.73. The summed E-state index contributed by atoms with van der Waals surface area (Å²) in [6.07, 6.45) is 2.27. The minimum absolute atomic E-state index is 0.0773. The summed E-state index contributed by atoms with van der Waals surface area (Å²) < 4.78 is 0. The second-order valence-corrected chi connectivity index (χ2v) is 3.99. The average molecular weight is 170 g/mol. The van der Waals surface area contributed by atoms with Crippen LogP contribution in [-0.2, 0) is 4.79 Å². The monoisotopic (exact) mass is 170 g/mol. The highest BCUT2D eigenvalue weighted by Crippen LogP contribution is 2.27. The Hall–Kier alpha value is -0.570. The fraction of sp³-hybridized carbons (Fsp3) is 0.889. The van der Waals surface area contributed by atoms with Crippen molar-refractivity contribution in [1.82, 2.24) is 10.2 Å². The van der Waals surface area contributed by atoms with Crippen molar-refractivity contribution in [2.45, 2.75) is 32.2 Å². The molecule has 0 aromatic heterocycles. The molecule has 1 rings (SSSR count). The zero-order chi connectivity index (χ0) is 9.19. The zero-order valence-corrected chi connectivity index (χ0v) is 8.18. The van der Waals surface area contributed by atoms with E-state index in [0.717, 1.165) is 19.4 Å². The number of nitrogens with one attached hydrogen (secondary N) is 1. The SMILES string of the molecule is CNCC(=O)N1CCCC1(C)C. The molecule has 1 amide bonds. The maximum Gasteiger partial charge on any atom is 0.236 e. The quantitative estimate of drug-likeness (QED) is 0.658. The van der Waals surface area contributed by atoms with Crippen LogP contribution in [0, 0.1) is 0 Å². The number of likely N-dealkylation sites (tertiary alicyclic amines) is 1. The van der Waals surface area contributed by atoms with Gasteiger partial charge in [0.15, 0.2) is 0 Å². The third-order valence-corrected chi connectivity index (χ3v) is 2.53. The number of amides is 1. The third kappa shape index (κ3) is 1.78. The van der Waals surface area contributed by atoms with Crippen molar-refractivity contribution in [3.8, 4) is 0 Å². The molecule has 0 aliphatic carbocycles. The van der Waals surface area contributed by atoms with Gasteiger partial charge in [-0.25, -0.2) is 0 Å². The Bertz CT molecular complexity index is 177. The topological polar surface area (TPSA) is 32.3 Å². The van der Waals surface area contributed by atoms with E-state index >= 15 is 0 Å². The molecule has 1 saturated heterocycles. The maximum absolute atomic E-state index is 11.5. The molecule has 3 heteroatoms. The van der Waals surface area contributed by atoms with Gasteiger partial charge in [-0.15, -0.1) is 0 Å². The van der Waals surface area contributed by atoms with Crippen molar-refractivity contribution >= 4 is 5.91 Å². The van der Waals surface area contributed by atoms with Gasteiger partial charge in [0.2, 0.25) is 5.91 Å². The van der Waals surface area contributed by atoms with Crippen molar-refractivity contribution in [2.24, 2.45) is 0 Å². The molecular weight excluding hydrogens is 152 g/mol. The molecule has 0 spiro atoms. The number of hydrogen-bond donors (Lipinski definition) is 1. The molecule has 12 heavy (non-hydrogen) atoms. The van der Waals surface area contributed by atoms with E-state index in [1.54, 1.807) is 7.05 Å². The summed E-state index contributed by atoms with van der Waals surface area (Å²) >= 11 is 0. The highest BCUT2D eigenvalue weighted by Gasteiger charge is 2.34. The first-order chi connectivity index (χ1) is 5.58. The van der Waals surface area contributed by atoms with Crippen molar-refractivity contribution in [3.63, 3.8) is 0 Å². The van der Waals surface area contributed by atoms with Crippen LogP contribution in [0.25, 0.3) is 0 Å². The van der Waals surface area contributed by atoms with Crippen LogP contribution in [0.15, 0.2) is 0 Å². The lowest BCUT2D eigenvalue weighted by atomic mass is 10.0. The van der Waals surface area contributed by atoms with Gasteiger partial charge in [-0.1, -0.05) is 0 Å². The van der Waals surface area contributed by atoms with Gasteiger partial charge in [0.1, 0.15) is 0 Å². The molecule has 0 saturated carbocycles. The first kappa shape index (κ1) is 9.52. The minimum Gasteiger partial charge on any atom is -0.336 e. The molecule has 0 radical (unpaired) electrons. The van der Waals surface area contributed by atoms with Crippen LogP contribution in [0.1, 0.15) is 26.7 Å². The minimum atomic E-state index is 0.0773. The molecular formula is C9H18N2O. The van der Waals surface area contributed by atoms with Crippen LogP contribution in [0.5, 0.6) is 0 Å². The van der Waals surface area contributed by atoms with E-state index in [1.165, 1.54) is 0 Å². The molecule has 0 atom stereocenters. The normalized spacial score (nSPS) is 21.4. The summed E-state index contributed by atoms with van der Waals surface area (Å²) in [5.74, 6) is 0.222. The lowest BCUT2D eigenvalue weighted by Crippen LogP contribution is -2.45. The highest BCUT2D eigenvalue weighted by molar-refractivity contribution is 5.79. The number of likely N-dealkylation sites (N-methyl/N-ethyl adjacent to an activating group) is 1. The molecule has 1 fully saturated rings. The van der Waals surface area contributed by atoms with Gasteiger partial charge in [-0.05, 0) is 33.7 Å². The summed E-state index contributed by atoms with van der Waals surface area (Å²) in [7, 11) is 1.81. The van der Waals surface area contributed by atoms with E-state index in [4.69, 9.17) is 0 Å². The Morgan fingerprint density at radius 2 is 2.25 bits per heavy atom. The molecule has 1 aliphatic rings. The van der Waals surface area contributed by atoms with Crippen LogP contribution in [0.3, 0.4) is 0 Å². The van der Waals surface area contributed by atoms with E-state index in [9.17, 15) is 4.79 Å². The summed E-state index contributed by atoms with van der Waals surface area (Å²) in [6.45, 7) is 5.65. The predicted octanol–water partition coefficient (Wildman–Crippen LogP) is 0.607. The van der Waals surface area contributed by atoms with Gasteiger partial charge in [-0.2, -0.15) is 0 Å². The lowest BCUT2D eigenvalue weighted by molar-refractivity contribution is -0.133. The van der Waals surface area contributed by atoms with Gasteiger partial charge in [0, 0.05) is 12.1 Å². The lowest BCUT2D eigenvalue weighted by Gasteiger charge is -2.31. The first-order valence-corrected chi connectivity index (χ1v) is 4.53. The Balaban J connectivity index is 2.56. The van der Waals surface area contributed by atoms with Gasteiger partial charge < -0.3 is 10.2 Å². The molecule has 3 nitrogen and oxygen atoms in total. The fourth-order valence-electron chi connectivity index (χ4n) is 1.82. The van der Waals surface area contributed by atoms with Crippen molar-refractivity contribution in [1.29, 1.82) is 0 Å². The first-order valence-electron chi connectivity index (χ1n) is 4.53. The van der Waals surface area contributed by atoms with Gasteiger partial charge in [0.25, 0.3) is 0 Å². The van der Waals surface area contributed by atoms with Gasteiger partial charge in [-0.3, -0.25) is 4.79 Å². The number of nitrogens with zero attached hydrogens (tertiary/aromatic N) is 1. The van der Waals surface area contributed by atoms with E-state index in [1.807, 2.05) is 4.90 Å². The fourth-order valence-corrected chi connectivity index (χ4v) is 1.82. The molecule has 0 aromatic rings. The summed E-state index contributed by atoms with van der Waals surface area (Å²) in [6, 6.07) is 0. The molecule has 1 heterocycles. The molecule has 1 N–H and O–H groups in total. The third-order valence-electron chi connectivity index (χ3n) is 2.53. The highest BCUT2D eigenvalue weighted by atomic mass is 16.2.